The summed E-state index contributed by atoms with van der Waals surface area (Å²) < 4.78 is 20.8. The van der Waals surface area contributed by atoms with E-state index in [1.807, 2.05) is 30.3 Å². The van der Waals surface area contributed by atoms with Crippen molar-refractivity contribution in [3.05, 3.63) is 35.9 Å². The molecule has 2 atom stereocenters. The SMILES string of the molecule is CCOC(=O)C(C(=O)OCC)C(=O)[C@@H](NC(=O)OC(C)(C)C)C(C)OCc1ccccc1. The van der Waals surface area contributed by atoms with Crippen LogP contribution in [0.15, 0.2) is 30.3 Å². The van der Waals surface area contributed by atoms with Crippen LogP contribution in [-0.4, -0.2) is 54.8 Å². The molecular formula is C23H33NO8. The number of ether oxygens (including phenoxy) is 4. The maximum atomic E-state index is 13.3. The molecule has 9 nitrogen and oxygen atoms in total. The summed E-state index contributed by atoms with van der Waals surface area (Å²) in [5.74, 6) is -4.88. The minimum atomic E-state index is -1.86. The van der Waals surface area contributed by atoms with Crippen molar-refractivity contribution in [2.75, 3.05) is 13.2 Å². The fourth-order valence-electron chi connectivity index (χ4n) is 2.71. The number of amides is 1. The largest absolute Gasteiger partial charge is 0.465 e. The van der Waals surface area contributed by atoms with Crippen molar-refractivity contribution in [3.8, 4) is 0 Å². The number of carbonyl (C=O) groups is 4. The van der Waals surface area contributed by atoms with Crippen LogP contribution in [0.25, 0.3) is 0 Å². The molecule has 1 aromatic rings. The number of rotatable bonds is 11. The fourth-order valence-corrected chi connectivity index (χ4v) is 2.71. The van der Waals surface area contributed by atoms with Gasteiger partial charge in [0.1, 0.15) is 11.6 Å². The van der Waals surface area contributed by atoms with Gasteiger partial charge in [0.2, 0.25) is 5.92 Å². The summed E-state index contributed by atoms with van der Waals surface area (Å²) in [5.41, 5.74) is 0.0168. The van der Waals surface area contributed by atoms with Gasteiger partial charge in [-0.3, -0.25) is 14.4 Å². The number of Topliss-reactive ketones (excluding diaryl/α,β-unsaturated/α-hetero) is 1. The summed E-state index contributed by atoms with van der Waals surface area (Å²) in [6.45, 7) is 9.72. The van der Waals surface area contributed by atoms with E-state index in [0.29, 0.717) is 0 Å². The van der Waals surface area contributed by atoms with Crippen LogP contribution in [-0.2, 0) is 39.9 Å². The smallest absolute Gasteiger partial charge is 0.408 e. The van der Waals surface area contributed by atoms with E-state index >= 15 is 0 Å². The van der Waals surface area contributed by atoms with Crippen molar-refractivity contribution in [1.29, 1.82) is 0 Å². The van der Waals surface area contributed by atoms with Crippen LogP contribution < -0.4 is 5.32 Å². The normalized spacial score (nSPS) is 13.1. The molecule has 0 fully saturated rings. The Balaban J connectivity index is 3.15. The second-order valence-electron chi connectivity index (χ2n) is 7.97. The first kappa shape index (κ1) is 27.1. The van der Waals surface area contributed by atoms with E-state index in [2.05, 4.69) is 5.32 Å². The molecule has 1 rings (SSSR count). The van der Waals surface area contributed by atoms with Crippen LogP contribution in [0.4, 0.5) is 4.79 Å². The van der Waals surface area contributed by atoms with Crippen molar-refractivity contribution >= 4 is 23.8 Å². The van der Waals surface area contributed by atoms with E-state index in [1.54, 1.807) is 41.5 Å². The summed E-state index contributed by atoms with van der Waals surface area (Å²) >= 11 is 0. The Morgan fingerprint density at radius 1 is 0.938 bits per heavy atom. The fraction of sp³-hybridized carbons (Fsp3) is 0.565. The highest BCUT2D eigenvalue weighted by Gasteiger charge is 2.43. The average Bonchev–Trinajstić information content (AvgIpc) is 2.70. The van der Waals surface area contributed by atoms with E-state index in [4.69, 9.17) is 18.9 Å². The van der Waals surface area contributed by atoms with Crippen molar-refractivity contribution in [3.63, 3.8) is 0 Å². The van der Waals surface area contributed by atoms with Gasteiger partial charge in [-0.1, -0.05) is 30.3 Å². The molecule has 1 aromatic carbocycles. The number of esters is 2. The second-order valence-corrected chi connectivity index (χ2v) is 7.97. The summed E-state index contributed by atoms with van der Waals surface area (Å²) in [7, 11) is 0. The Labute approximate surface area is 188 Å². The molecule has 9 heteroatoms. The number of carbonyl (C=O) groups excluding carboxylic acids is 4. The molecule has 0 spiro atoms. The van der Waals surface area contributed by atoms with Crippen LogP contribution in [0.2, 0.25) is 0 Å². The lowest BCUT2D eigenvalue weighted by Crippen LogP contribution is -2.54. The van der Waals surface area contributed by atoms with Gasteiger partial charge in [-0.05, 0) is 47.1 Å². The Hall–Kier alpha value is -2.94. The summed E-state index contributed by atoms with van der Waals surface area (Å²) in [6, 6.07) is 7.83. The number of ketones is 1. The second kappa shape index (κ2) is 12.8. The van der Waals surface area contributed by atoms with Crippen LogP contribution >= 0.6 is 0 Å². The monoisotopic (exact) mass is 451 g/mol. The molecule has 0 saturated heterocycles. The summed E-state index contributed by atoms with van der Waals surface area (Å²) in [5, 5.41) is 2.43. The van der Waals surface area contributed by atoms with Gasteiger partial charge in [0.25, 0.3) is 0 Å². The quantitative estimate of drug-likeness (QED) is 0.310. The van der Waals surface area contributed by atoms with E-state index < -0.39 is 47.5 Å². The van der Waals surface area contributed by atoms with Gasteiger partial charge < -0.3 is 24.3 Å². The molecule has 0 aromatic heterocycles. The molecule has 0 radical (unpaired) electrons. The molecule has 0 heterocycles. The lowest BCUT2D eigenvalue weighted by Gasteiger charge is -2.28. The van der Waals surface area contributed by atoms with Gasteiger partial charge in [-0.25, -0.2) is 4.79 Å². The van der Waals surface area contributed by atoms with Crippen LogP contribution in [0.3, 0.4) is 0 Å². The van der Waals surface area contributed by atoms with Crippen LogP contribution in [0.5, 0.6) is 0 Å². The Kier molecular flexibility index (Phi) is 10.8. The number of nitrogens with one attached hydrogen (secondary N) is 1. The lowest BCUT2D eigenvalue weighted by atomic mass is 9.94. The molecule has 1 unspecified atom stereocenters. The molecule has 1 N–H and O–H groups in total. The first-order chi connectivity index (χ1) is 15.0. The first-order valence-electron chi connectivity index (χ1n) is 10.5. The standard InChI is InChI=1S/C23H33NO8/c1-7-29-20(26)17(21(27)30-8-2)19(25)18(24-22(28)32-23(4,5)6)15(3)31-14-16-12-10-9-11-13-16/h9-13,15,17-18H,7-8,14H2,1-6H3,(H,24,28)/t15?,18-/m0/s1. The number of alkyl carbamates (subject to hydrolysis) is 1. The predicted molar refractivity (Wildman–Crippen MR) is 116 cm³/mol. The highest BCUT2D eigenvalue weighted by atomic mass is 16.6. The molecule has 32 heavy (non-hydrogen) atoms. The summed E-state index contributed by atoms with van der Waals surface area (Å²) in [4.78, 5) is 50.5. The van der Waals surface area contributed by atoms with Crippen molar-refractivity contribution < 1.29 is 38.1 Å². The number of hydrogen-bond acceptors (Lipinski definition) is 8. The molecule has 0 aliphatic heterocycles. The van der Waals surface area contributed by atoms with Crippen molar-refractivity contribution in [2.45, 2.75) is 65.9 Å². The Morgan fingerprint density at radius 3 is 1.94 bits per heavy atom. The predicted octanol–water partition coefficient (Wildman–Crippen LogP) is 2.80. The van der Waals surface area contributed by atoms with Crippen LogP contribution in [0.1, 0.15) is 47.1 Å². The van der Waals surface area contributed by atoms with Crippen molar-refractivity contribution in [1.82, 2.24) is 5.32 Å². The highest BCUT2D eigenvalue weighted by molar-refractivity contribution is 6.17. The molecule has 0 bridgehead atoms. The maximum Gasteiger partial charge on any atom is 0.408 e. The van der Waals surface area contributed by atoms with E-state index in [9.17, 15) is 19.2 Å². The van der Waals surface area contributed by atoms with Crippen molar-refractivity contribution in [2.24, 2.45) is 5.92 Å². The van der Waals surface area contributed by atoms with E-state index in [1.165, 1.54) is 0 Å². The van der Waals surface area contributed by atoms with Crippen LogP contribution in [0, 0.1) is 5.92 Å². The Bertz CT molecular complexity index is 754. The van der Waals surface area contributed by atoms with Gasteiger partial charge in [0.15, 0.2) is 5.78 Å². The third-order valence-corrected chi connectivity index (χ3v) is 4.13. The number of benzene rings is 1. The third kappa shape index (κ3) is 9.05. The molecular weight excluding hydrogens is 418 g/mol. The highest BCUT2D eigenvalue weighted by Crippen LogP contribution is 2.16. The van der Waals surface area contributed by atoms with E-state index in [0.717, 1.165) is 5.56 Å². The third-order valence-electron chi connectivity index (χ3n) is 4.13. The minimum absolute atomic E-state index is 0.0355. The van der Waals surface area contributed by atoms with Gasteiger partial charge in [-0.15, -0.1) is 0 Å². The molecule has 0 aliphatic rings. The minimum Gasteiger partial charge on any atom is -0.465 e. The molecule has 0 saturated carbocycles. The number of hydrogen-bond donors (Lipinski definition) is 1. The van der Waals surface area contributed by atoms with E-state index in [-0.39, 0.29) is 19.8 Å². The van der Waals surface area contributed by atoms with Gasteiger partial charge >= 0.3 is 18.0 Å². The zero-order valence-electron chi connectivity index (χ0n) is 19.5. The zero-order valence-corrected chi connectivity index (χ0v) is 19.5. The van der Waals surface area contributed by atoms with Gasteiger partial charge in [0.05, 0.1) is 25.9 Å². The first-order valence-corrected chi connectivity index (χ1v) is 10.5. The van der Waals surface area contributed by atoms with Gasteiger partial charge in [0, 0.05) is 0 Å². The van der Waals surface area contributed by atoms with Gasteiger partial charge in [-0.2, -0.15) is 0 Å². The average molecular weight is 452 g/mol. The lowest BCUT2D eigenvalue weighted by molar-refractivity contribution is -0.165. The molecule has 178 valence electrons. The topological polar surface area (TPSA) is 117 Å². The summed E-state index contributed by atoms with van der Waals surface area (Å²) in [6.07, 6.45) is -1.79. The molecule has 1 amide bonds. The maximum absolute atomic E-state index is 13.3. The molecule has 0 aliphatic carbocycles. The zero-order chi connectivity index (χ0) is 24.3. The Morgan fingerprint density at radius 2 is 1.47 bits per heavy atom.